The number of carbonyl (C=O) groups is 4. The zero-order valence-electron chi connectivity index (χ0n) is 22.6. The minimum Gasteiger partial charge on any atom is -0.480 e. The minimum atomic E-state index is -1.17. The first-order chi connectivity index (χ1) is 18.4. The molecular formula is C25H39GdN5O9+3. The van der Waals surface area contributed by atoms with Crippen LogP contribution in [-0.4, -0.2) is 133 Å². The van der Waals surface area contributed by atoms with Crippen molar-refractivity contribution < 1.29 is 84.7 Å². The number of fused-ring (bicyclic) bond motifs is 2. The maximum atomic E-state index is 12.3. The van der Waals surface area contributed by atoms with Crippen molar-refractivity contribution in [2.45, 2.75) is 64.0 Å². The molecule has 15 heteroatoms. The van der Waals surface area contributed by atoms with Crippen molar-refractivity contribution in [2.75, 3.05) is 39.3 Å². The van der Waals surface area contributed by atoms with Crippen LogP contribution in [0, 0.1) is 39.9 Å². The van der Waals surface area contributed by atoms with Gasteiger partial charge in [0.05, 0.1) is 24.1 Å². The maximum absolute atomic E-state index is 12.3. The molecule has 40 heavy (non-hydrogen) atoms. The molecule has 0 aromatic carbocycles. The van der Waals surface area contributed by atoms with Crippen LogP contribution in [0.5, 0.6) is 0 Å². The van der Waals surface area contributed by atoms with E-state index in [1.807, 2.05) is 0 Å². The molecule has 1 aliphatic heterocycles. The van der Waals surface area contributed by atoms with E-state index in [9.17, 15) is 39.6 Å². The van der Waals surface area contributed by atoms with Crippen molar-refractivity contribution in [1.29, 1.82) is 0 Å². The molecule has 1 unspecified atom stereocenters. The summed E-state index contributed by atoms with van der Waals surface area (Å²) in [6.07, 6.45) is -1.36. The van der Waals surface area contributed by atoms with Crippen LogP contribution in [-0.2, 0) is 32.3 Å². The Balaban J connectivity index is 0.00000800. The van der Waals surface area contributed by atoms with Crippen molar-refractivity contribution >= 4 is 23.8 Å². The number of nitrogens with one attached hydrogen (secondary N) is 1. The van der Waals surface area contributed by atoms with Crippen molar-refractivity contribution in [2.24, 2.45) is 0 Å². The second kappa shape index (κ2) is 17.9. The predicted octanol–water partition coefficient (Wildman–Crippen LogP) is -1.35. The van der Waals surface area contributed by atoms with Crippen molar-refractivity contribution in [3.63, 3.8) is 0 Å². The number of carboxylic acids is 3. The average molecular weight is 711 g/mol. The van der Waals surface area contributed by atoms with E-state index in [-0.39, 0.29) is 98.6 Å². The number of hydrogen-bond donors (Lipinski definition) is 6. The fourth-order valence-corrected chi connectivity index (χ4v) is 4.31. The van der Waals surface area contributed by atoms with Crippen LogP contribution >= 0.6 is 0 Å². The van der Waals surface area contributed by atoms with Crippen LogP contribution < -0.4 is 5.32 Å². The maximum Gasteiger partial charge on any atom is 3.00 e. The number of carboxylic acid groups (broad SMARTS) is 3. The van der Waals surface area contributed by atoms with Crippen molar-refractivity contribution in [3.8, 4) is 0 Å². The minimum absolute atomic E-state index is 0. The quantitative estimate of drug-likeness (QED) is 0.149. The molecule has 0 spiro atoms. The van der Waals surface area contributed by atoms with Crippen LogP contribution in [0.3, 0.4) is 0 Å². The number of rotatable bonds is 12. The van der Waals surface area contributed by atoms with Crippen LogP contribution in [0.15, 0.2) is 18.2 Å². The summed E-state index contributed by atoms with van der Waals surface area (Å²) in [5.74, 6) is -3.74. The molecule has 1 radical (unpaired) electrons. The smallest absolute Gasteiger partial charge is 0.480 e. The van der Waals surface area contributed by atoms with E-state index in [1.54, 1.807) is 46.7 Å². The summed E-state index contributed by atoms with van der Waals surface area (Å²) in [6, 6.07) is 2.43. The molecular weight excluding hydrogens is 672 g/mol. The molecule has 2 heterocycles. The number of carbonyl (C=O) groups excluding carboxylic acids is 1. The first kappa shape index (κ1) is 36.2. The summed E-state index contributed by atoms with van der Waals surface area (Å²) in [5.41, 5.74) is 1.21. The summed E-state index contributed by atoms with van der Waals surface area (Å²) in [6.45, 7) is 3.43. The van der Waals surface area contributed by atoms with Gasteiger partial charge in [-0.15, -0.1) is 0 Å². The van der Waals surface area contributed by atoms with Gasteiger partial charge in [0.1, 0.15) is 18.1 Å². The number of nitrogens with zero attached hydrogens (tertiary/aromatic N) is 4. The first-order valence-corrected chi connectivity index (χ1v) is 12.8. The molecule has 6 N–H and O–H groups in total. The number of pyridine rings is 1. The average Bonchev–Trinajstić information content (AvgIpc) is 2.89. The third-order valence-corrected chi connectivity index (χ3v) is 6.87. The first-order valence-electron chi connectivity index (χ1n) is 12.8. The second-order valence-electron chi connectivity index (χ2n) is 9.66. The third kappa shape index (κ3) is 11.6. The molecule has 1 aromatic heterocycles. The summed E-state index contributed by atoms with van der Waals surface area (Å²) >= 11 is 0. The van der Waals surface area contributed by atoms with Crippen molar-refractivity contribution in [1.82, 2.24) is 25.0 Å². The standard InChI is InChI=1S/C25H39N5O9.Gd/c1-16(23(34)35)29-10-8-28(21(25(38)39)6-7-22(33)26-12-20(32)15-31)9-11-30(17(2)24(36)37)14-19-5-3-4-18(13-29)27-19;/h3-5,16-17,20-21,31-32H,6-15H2,1-2H3,(H,26,33)(H,34,35)(H,36,37)(H,38,39);/q;+3/t16-,17-,20?,21-;/m0./s1. The van der Waals surface area contributed by atoms with E-state index in [1.165, 1.54) is 0 Å². The monoisotopic (exact) mass is 711 g/mol. The molecule has 1 aromatic rings. The fourth-order valence-electron chi connectivity index (χ4n) is 4.31. The summed E-state index contributed by atoms with van der Waals surface area (Å²) < 4.78 is 0. The topological polar surface area (TPSA) is 204 Å². The Bertz CT molecular complexity index is 952. The van der Waals surface area contributed by atoms with Gasteiger partial charge in [0, 0.05) is 52.2 Å². The molecule has 223 valence electrons. The normalized spacial score (nSPS) is 18.6. The summed E-state index contributed by atoms with van der Waals surface area (Å²) in [7, 11) is 0. The van der Waals surface area contributed by atoms with Gasteiger partial charge in [-0.3, -0.25) is 38.9 Å². The largest absolute Gasteiger partial charge is 3.00 e. The van der Waals surface area contributed by atoms with E-state index >= 15 is 0 Å². The zero-order chi connectivity index (χ0) is 29.1. The van der Waals surface area contributed by atoms with Gasteiger partial charge >= 0.3 is 57.8 Å². The second-order valence-corrected chi connectivity index (χ2v) is 9.66. The summed E-state index contributed by atoms with van der Waals surface area (Å²) in [5, 5.41) is 50.1. The Morgan fingerprint density at radius 3 is 1.77 bits per heavy atom. The van der Waals surface area contributed by atoms with Crippen LogP contribution in [0.25, 0.3) is 0 Å². The number of aliphatic hydroxyl groups excluding tert-OH is 2. The Morgan fingerprint density at radius 2 is 1.35 bits per heavy atom. The molecule has 1 aliphatic rings. The van der Waals surface area contributed by atoms with Gasteiger partial charge in [-0.2, -0.15) is 0 Å². The molecule has 1 amide bonds. The number of hydrogen-bond acceptors (Lipinski definition) is 10. The molecule has 0 saturated carbocycles. The molecule has 0 saturated heterocycles. The Kier molecular flexibility index (Phi) is 16.2. The molecule has 2 rings (SSSR count). The van der Waals surface area contributed by atoms with E-state index < -0.39 is 54.7 Å². The number of aliphatic carboxylic acids is 3. The van der Waals surface area contributed by atoms with Crippen LogP contribution in [0.2, 0.25) is 0 Å². The number of aromatic nitrogens is 1. The number of amides is 1. The van der Waals surface area contributed by atoms with Gasteiger partial charge in [0.15, 0.2) is 0 Å². The van der Waals surface area contributed by atoms with Gasteiger partial charge < -0.3 is 30.8 Å². The Hall–Kier alpha value is -1.85. The zero-order valence-corrected chi connectivity index (χ0v) is 24.9. The van der Waals surface area contributed by atoms with Gasteiger partial charge in [-0.25, -0.2) is 0 Å². The molecule has 0 fully saturated rings. The SMILES string of the molecule is C[C@@H](C(=O)O)N1CCN([C@@H](CCC(=O)NCC(O)CO)C(=O)O)CCN([C@@H](C)C(=O)O)Cc2cccc(n2)C1.[Gd+3]. The Labute approximate surface area is 265 Å². The summed E-state index contributed by atoms with van der Waals surface area (Å²) in [4.78, 5) is 57.7. The molecule has 4 atom stereocenters. The third-order valence-electron chi connectivity index (χ3n) is 6.87. The van der Waals surface area contributed by atoms with Gasteiger partial charge in [0.25, 0.3) is 0 Å². The van der Waals surface area contributed by atoms with Gasteiger partial charge in [0.2, 0.25) is 5.91 Å². The van der Waals surface area contributed by atoms with Gasteiger partial charge in [-0.1, -0.05) is 6.07 Å². The van der Waals surface area contributed by atoms with Gasteiger partial charge in [-0.05, 0) is 32.4 Å². The molecule has 14 nitrogen and oxygen atoms in total. The van der Waals surface area contributed by atoms with E-state index in [0.717, 1.165) is 0 Å². The predicted molar refractivity (Wildman–Crippen MR) is 138 cm³/mol. The van der Waals surface area contributed by atoms with Crippen molar-refractivity contribution in [3.05, 3.63) is 29.6 Å². The van der Waals surface area contributed by atoms with E-state index in [2.05, 4.69) is 10.3 Å². The van der Waals surface area contributed by atoms with E-state index in [4.69, 9.17) is 5.11 Å². The van der Waals surface area contributed by atoms with E-state index in [0.29, 0.717) is 11.4 Å². The van der Waals surface area contributed by atoms with Crippen LogP contribution in [0.1, 0.15) is 38.1 Å². The van der Waals surface area contributed by atoms with Crippen LogP contribution in [0.4, 0.5) is 0 Å². The Morgan fingerprint density at radius 1 is 0.875 bits per heavy atom. The fraction of sp³-hybridized carbons (Fsp3) is 0.640. The molecule has 2 bridgehead atoms. The number of aliphatic hydroxyl groups is 2. The molecule has 0 aliphatic carbocycles.